The quantitative estimate of drug-likeness (QED) is 0.0479. The molecule has 0 aromatic carbocycles. The molecule has 99 heavy (non-hydrogen) atoms. The zero-order chi connectivity index (χ0) is 71.2. The van der Waals surface area contributed by atoms with Gasteiger partial charge in [-0.05, 0) is 27.7 Å². The van der Waals surface area contributed by atoms with Gasteiger partial charge in [-0.3, -0.25) is 0 Å². The molecule has 9 saturated heterocycles. The van der Waals surface area contributed by atoms with Crippen molar-refractivity contribution >= 4 is 0 Å². The van der Waals surface area contributed by atoms with E-state index in [1.165, 1.54) is 27.7 Å². The van der Waals surface area contributed by atoms with Gasteiger partial charge in [0.25, 0.3) is 0 Å². The van der Waals surface area contributed by atoms with Crippen molar-refractivity contribution in [1.82, 2.24) is 0 Å². The summed E-state index contributed by atoms with van der Waals surface area (Å²) < 4.78 is 100. The van der Waals surface area contributed by atoms with Crippen LogP contribution >= 0.6 is 0 Å². The molecule has 0 spiro atoms. The van der Waals surface area contributed by atoms with Crippen LogP contribution in [0.5, 0.6) is 0 Å². The summed E-state index contributed by atoms with van der Waals surface area (Å²) in [6.45, 7) is -1.09. The summed E-state index contributed by atoms with van der Waals surface area (Å²) in [6.07, 6.45) is -81.7. The van der Waals surface area contributed by atoms with E-state index in [0.717, 1.165) is 0 Å². The summed E-state index contributed by atoms with van der Waals surface area (Å²) in [5.74, 6) is 0. The second-order valence-corrected chi connectivity index (χ2v) is 25.5. The fraction of sp³-hybridized carbons (Fsp3) is 1.00. The monoisotopic (exact) mass is 1880 g/mol. The first-order valence-electron chi connectivity index (χ1n) is 31.6. The minimum atomic E-state index is -2.40. The van der Waals surface area contributed by atoms with Crippen LogP contribution in [0.2, 0.25) is 0 Å². The van der Waals surface area contributed by atoms with E-state index >= 15 is 0 Å². The number of ether oxygens (including phenoxy) is 17. The molecule has 42 nitrogen and oxygen atoms in total. The molecule has 25 N–H and O–H groups in total. The van der Waals surface area contributed by atoms with Crippen LogP contribution in [0.25, 0.3) is 11.5 Å². The van der Waals surface area contributed by atoms with E-state index in [-0.39, 0.29) is 88.1 Å². The van der Waals surface area contributed by atoms with Gasteiger partial charge >= 0.3 is 0 Å². The van der Waals surface area contributed by atoms with E-state index in [0.29, 0.717) is 0 Å². The maximum absolute atomic E-state index is 12.3. The number of rotatable bonds is 22. The standard InChI is InChI=1S/C55H94N2O40.2Ac/c1-11-26(67)33(74)40(18(8-61)81-11)90-53-38(79)45(28(69)16(6-59)85-53)95-48-21(56)43(93-50-35(76)30(71)23(64)12(2)82-50)41(19(9-62)88-48)91-54-39(80)46(29(70)17(7-60)86-54)96-49-22(57)44(94-51-36(77)31(72)24(65)13(3)83-51)42(20(10-63)89-49)92-55-47(34(75)27(68)15(5-58)87-55)97-52-37(78)32(73)25(66)14(4)84-52;;/h11-80H,5-10H2,1-4H3;;/q-2;;/t11-,12?,13?,14+,15?,16?,17?,18?,19?,20?,21?,22?,23+,24+,25?,26?,27-,28-,29-,30?,31?,32?,33?,34?,35?,36?,37?,38?,39?,40-,41-,42-,43?,44?,45?,46?,47?,48-,49-,50?,51?,52-,53-,54-,55-;;/m0../s1. The van der Waals surface area contributed by atoms with Crippen LogP contribution in [-0.2, 0) is 80.5 Å². The van der Waals surface area contributed by atoms with E-state index in [9.17, 15) is 129 Å². The van der Waals surface area contributed by atoms with Gasteiger partial charge in [-0.1, -0.05) is 12.1 Å². The number of hydrogen-bond donors (Lipinski definition) is 23. The summed E-state index contributed by atoms with van der Waals surface area (Å²) in [6, 6.07) is -4.33. The van der Waals surface area contributed by atoms with Gasteiger partial charge in [0.1, 0.15) is 190 Å². The topological polar surface area (TPSA) is 670 Å². The Balaban J connectivity index is 0.00000689. The molecule has 9 rings (SSSR count). The van der Waals surface area contributed by atoms with Gasteiger partial charge in [-0.15, -0.1) is 0 Å². The molecule has 9 aliphatic rings. The fourth-order valence-electron chi connectivity index (χ4n) is 13.0. The molecule has 2 radical (unpaired) electrons. The second kappa shape index (κ2) is 37.7. The van der Waals surface area contributed by atoms with E-state index in [4.69, 9.17) is 80.5 Å². The van der Waals surface area contributed by atoms with Crippen molar-refractivity contribution < 1.29 is 286 Å². The first-order valence-corrected chi connectivity index (χ1v) is 31.6. The Bertz CT molecular complexity index is 2430. The van der Waals surface area contributed by atoms with Crippen molar-refractivity contribution in [3.8, 4) is 0 Å². The molecule has 0 aromatic heterocycles. The number of nitrogens with one attached hydrogen (secondary N) is 2. The van der Waals surface area contributed by atoms with Gasteiger partial charge in [0.15, 0.2) is 37.7 Å². The van der Waals surface area contributed by atoms with Crippen molar-refractivity contribution in [1.29, 1.82) is 0 Å². The largest absolute Gasteiger partial charge is 0.668 e. The summed E-state index contributed by atoms with van der Waals surface area (Å²) in [5, 5.41) is 252. The van der Waals surface area contributed by atoms with Crippen molar-refractivity contribution in [2.24, 2.45) is 0 Å². The van der Waals surface area contributed by atoms with Crippen LogP contribution in [0.3, 0.4) is 0 Å². The number of aliphatic hydroxyl groups is 23. The van der Waals surface area contributed by atoms with E-state index < -0.39 is 316 Å². The molecule has 45 atom stereocenters. The number of hydrogen-bond acceptors (Lipinski definition) is 40. The molecular formula is C55H94Ac2N2O40-2. The molecule has 44 heteroatoms. The van der Waals surface area contributed by atoms with Crippen LogP contribution in [0.1, 0.15) is 27.7 Å². The van der Waals surface area contributed by atoms with Gasteiger partial charge in [0, 0.05) is 88.1 Å². The minimum absolute atomic E-state index is 0. The zero-order valence-corrected chi connectivity index (χ0v) is 63.1. The SMILES string of the molecule is CC1OC(OC2C([NH-])[C@H](OC3C(O)[C@H](O[C@H]4C(CO)O[C@@H](C)C(O)C4O)OC(CO)[C@@H]3O)OC(CO)[C@@H]2O[C@@H]2OC(CO)[C@H](O)C(O[C@@H]3OC(CO)[C@H](O[C@@H]4OC(CO)[C@H](O)C(O)C4O[C@@H]4O[C@H](C)C(O)C(O)C4O)C(OC4OC(C)[C@@H](O)C(O)C4O)C3[NH-])C2O)C(O)C(O)[C@@H]1O.[Ac].[Ac]. The maximum Gasteiger partial charge on any atom is 0.187 e. The zero-order valence-electron chi connectivity index (χ0n) is 53.6. The van der Waals surface area contributed by atoms with E-state index in [2.05, 4.69) is 0 Å². The average molecular weight is 1880 g/mol. The fourth-order valence-corrected chi connectivity index (χ4v) is 13.0. The molecular weight excluding hydrogens is 1780 g/mol. The second-order valence-electron chi connectivity index (χ2n) is 25.5. The molecule has 9 heterocycles. The summed E-state index contributed by atoms with van der Waals surface area (Å²) in [4.78, 5) is 0. The third-order valence-electron chi connectivity index (χ3n) is 19.0. The molecule has 0 aromatic rings. The van der Waals surface area contributed by atoms with Crippen molar-refractivity contribution in [3.05, 3.63) is 11.5 Å². The predicted octanol–water partition coefficient (Wildman–Crippen LogP) is -14.4. The van der Waals surface area contributed by atoms with Gasteiger partial charge in [-0.2, -0.15) is 0 Å². The Morgan fingerprint density at radius 2 is 0.455 bits per heavy atom. The van der Waals surface area contributed by atoms with Crippen molar-refractivity contribution in [3.63, 3.8) is 0 Å². The molecule has 9 fully saturated rings. The van der Waals surface area contributed by atoms with Crippen LogP contribution in [0.15, 0.2) is 0 Å². The Hall–Kier alpha value is 1.20. The predicted molar refractivity (Wildman–Crippen MR) is 300 cm³/mol. The van der Waals surface area contributed by atoms with Gasteiger partial charge < -0.3 is 209 Å². The molecule has 0 aliphatic carbocycles. The van der Waals surface area contributed by atoms with Crippen LogP contribution in [0, 0.1) is 88.1 Å². The first-order chi connectivity index (χ1) is 45.9. The van der Waals surface area contributed by atoms with Crippen molar-refractivity contribution in [2.75, 3.05) is 39.6 Å². The summed E-state index contributed by atoms with van der Waals surface area (Å²) >= 11 is 0. The van der Waals surface area contributed by atoms with E-state index in [1.54, 1.807) is 0 Å². The third kappa shape index (κ3) is 18.5. The van der Waals surface area contributed by atoms with Crippen LogP contribution in [0.4, 0.5) is 0 Å². The van der Waals surface area contributed by atoms with Crippen LogP contribution < -0.4 is 0 Å². The summed E-state index contributed by atoms with van der Waals surface area (Å²) in [5.41, 5.74) is 19.2. The Kier molecular flexibility index (Phi) is 33.3. The number of aliphatic hydroxyl groups excluding tert-OH is 23. The van der Waals surface area contributed by atoms with Crippen LogP contribution in [-0.4, -0.2) is 433 Å². The third-order valence-corrected chi connectivity index (χ3v) is 19.0. The van der Waals surface area contributed by atoms with Gasteiger partial charge in [0.05, 0.1) is 76.3 Å². The van der Waals surface area contributed by atoms with Gasteiger partial charge in [-0.25, -0.2) is 0 Å². The molecule has 572 valence electrons. The Morgan fingerprint density at radius 3 is 0.818 bits per heavy atom. The molecule has 9 aliphatic heterocycles. The normalized spacial score (nSPS) is 53.8. The Morgan fingerprint density at radius 1 is 0.212 bits per heavy atom. The molecule has 0 amide bonds. The van der Waals surface area contributed by atoms with E-state index in [1.807, 2.05) is 0 Å². The Labute approximate surface area is 635 Å². The summed E-state index contributed by atoms with van der Waals surface area (Å²) in [7, 11) is 0. The smallest absolute Gasteiger partial charge is 0.187 e. The molecule has 0 saturated carbocycles. The first kappa shape index (κ1) is 87.4. The van der Waals surface area contributed by atoms with Gasteiger partial charge in [0.2, 0.25) is 0 Å². The molecule has 29 unspecified atom stereocenters. The average Bonchev–Trinajstić information content (AvgIpc) is 0.757. The maximum atomic E-state index is 12.3. The minimum Gasteiger partial charge on any atom is -0.668 e. The van der Waals surface area contributed by atoms with Crippen molar-refractivity contribution in [2.45, 2.75) is 304 Å². The molecule has 0 bridgehead atoms.